The number of amides is 2. The summed E-state index contributed by atoms with van der Waals surface area (Å²) in [4.78, 5) is 26.2. The van der Waals surface area contributed by atoms with Crippen LogP contribution in [-0.2, 0) is 11.3 Å². The molecule has 0 saturated heterocycles. The highest BCUT2D eigenvalue weighted by atomic mass is 32.1. The van der Waals surface area contributed by atoms with E-state index in [1.165, 1.54) is 16.2 Å². The summed E-state index contributed by atoms with van der Waals surface area (Å²) >= 11 is 1.36. The number of nitrogens with one attached hydrogen (secondary N) is 1. The van der Waals surface area contributed by atoms with Gasteiger partial charge in [0.05, 0.1) is 23.3 Å². The Morgan fingerprint density at radius 1 is 1.20 bits per heavy atom. The third kappa shape index (κ3) is 4.33. The predicted octanol–water partition coefficient (Wildman–Crippen LogP) is 2.32. The van der Waals surface area contributed by atoms with Crippen LogP contribution < -0.4 is 5.32 Å². The molecular formula is C18H18N4O2S. The number of hydrogen-bond acceptors (Lipinski definition) is 4. The molecule has 6 nitrogen and oxygen atoms in total. The van der Waals surface area contributed by atoms with Crippen molar-refractivity contribution in [3.63, 3.8) is 0 Å². The van der Waals surface area contributed by atoms with Crippen LogP contribution in [0.1, 0.15) is 15.2 Å². The van der Waals surface area contributed by atoms with Gasteiger partial charge in [0.25, 0.3) is 5.91 Å². The smallest absolute Gasteiger partial charge is 0.264 e. The van der Waals surface area contributed by atoms with Crippen LogP contribution in [0.5, 0.6) is 0 Å². The van der Waals surface area contributed by atoms with Crippen molar-refractivity contribution >= 4 is 23.2 Å². The fraction of sp³-hybridized carbons (Fsp3) is 0.167. The lowest BCUT2D eigenvalue weighted by Gasteiger charge is -2.15. The van der Waals surface area contributed by atoms with Crippen LogP contribution in [0, 0.1) is 0 Å². The summed E-state index contributed by atoms with van der Waals surface area (Å²) in [5, 5.41) is 8.94. The maximum Gasteiger partial charge on any atom is 0.264 e. The van der Waals surface area contributed by atoms with Crippen molar-refractivity contribution in [3.05, 3.63) is 70.7 Å². The third-order valence-electron chi connectivity index (χ3n) is 3.61. The van der Waals surface area contributed by atoms with Crippen LogP contribution in [0.15, 0.2) is 60.2 Å². The lowest BCUT2D eigenvalue weighted by molar-refractivity contribution is -0.121. The first kappa shape index (κ1) is 16.9. The van der Waals surface area contributed by atoms with Gasteiger partial charge in [0.1, 0.15) is 0 Å². The van der Waals surface area contributed by atoms with Crippen LogP contribution in [-0.4, -0.2) is 40.1 Å². The highest BCUT2D eigenvalue weighted by Crippen LogP contribution is 2.11. The van der Waals surface area contributed by atoms with Crippen molar-refractivity contribution in [3.8, 4) is 5.69 Å². The van der Waals surface area contributed by atoms with Crippen molar-refractivity contribution in [2.24, 2.45) is 0 Å². The average Bonchev–Trinajstić information content (AvgIpc) is 3.32. The van der Waals surface area contributed by atoms with E-state index in [2.05, 4.69) is 10.4 Å². The molecule has 3 aromatic rings. The van der Waals surface area contributed by atoms with E-state index < -0.39 is 0 Å². The monoisotopic (exact) mass is 354 g/mol. The Balaban J connectivity index is 1.51. The molecular weight excluding hydrogens is 336 g/mol. The first-order valence-electron chi connectivity index (χ1n) is 7.78. The molecule has 1 N–H and O–H groups in total. The molecule has 0 fully saturated rings. The quantitative estimate of drug-likeness (QED) is 0.739. The Kier molecular flexibility index (Phi) is 5.25. The maximum atomic E-state index is 12.1. The van der Waals surface area contributed by atoms with Gasteiger partial charge in [-0.05, 0) is 23.6 Å². The molecule has 1 aromatic carbocycles. The van der Waals surface area contributed by atoms with Crippen molar-refractivity contribution in [2.45, 2.75) is 6.54 Å². The number of carbonyl (C=O) groups is 2. The summed E-state index contributed by atoms with van der Waals surface area (Å²) in [5.74, 6) is -0.359. The van der Waals surface area contributed by atoms with Gasteiger partial charge in [0.15, 0.2) is 0 Å². The van der Waals surface area contributed by atoms with E-state index in [9.17, 15) is 9.59 Å². The number of thiophene rings is 1. The van der Waals surface area contributed by atoms with Gasteiger partial charge < -0.3 is 10.2 Å². The molecule has 0 aliphatic heterocycles. The Morgan fingerprint density at radius 2 is 2.00 bits per heavy atom. The summed E-state index contributed by atoms with van der Waals surface area (Å²) < 4.78 is 1.76. The lowest BCUT2D eigenvalue weighted by atomic mass is 10.3. The van der Waals surface area contributed by atoms with Crippen LogP contribution in [0.2, 0.25) is 0 Å². The molecule has 2 heterocycles. The van der Waals surface area contributed by atoms with Crippen molar-refractivity contribution in [2.75, 3.05) is 13.6 Å². The number of carbonyl (C=O) groups excluding carboxylic acids is 2. The molecule has 0 unspecified atom stereocenters. The Morgan fingerprint density at radius 3 is 2.72 bits per heavy atom. The zero-order chi connectivity index (χ0) is 17.6. The highest BCUT2D eigenvalue weighted by molar-refractivity contribution is 7.12. The molecule has 128 valence electrons. The van der Waals surface area contributed by atoms with E-state index in [4.69, 9.17) is 0 Å². The minimum Gasteiger partial charge on any atom is -0.350 e. The van der Waals surface area contributed by atoms with E-state index in [1.54, 1.807) is 24.0 Å². The van der Waals surface area contributed by atoms with E-state index in [-0.39, 0.29) is 18.4 Å². The van der Waals surface area contributed by atoms with E-state index >= 15 is 0 Å². The summed E-state index contributed by atoms with van der Waals surface area (Å²) in [6, 6.07) is 13.3. The molecule has 0 bridgehead atoms. The zero-order valence-corrected chi connectivity index (χ0v) is 14.6. The third-order valence-corrected chi connectivity index (χ3v) is 4.46. The summed E-state index contributed by atoms with van der Waals surface area (Å²) in [5.41, 5.74) is 1.85. The van der Waals surface area contributed by atoms with Crippen LogP contribution in [0.4, 0.5) is 0 Å². The number of likely N-dealkylation sites (N-methyl/N-ethyl adjacent to an activating group) is 1. The first-order chi connectivity index (χ1) is 12.1. The molecule has 0 saturated carbocycles. The summed E-state index contributed by atoms with van der Waals surface area (Å²) in [7, 11) is 1.62. The average molecular weight is 354 g/mol. The SMILES string of the molecule is CN(CC(=O)NCc1cnn(-c2ccccc2)c1)C(=O)c1cccs1. The molecule has 0 radical (unpaired) electrons. The minimum absolute atomic E-state index is 0.0174. The predicted molar refractivity (Wildman–Crippen MR) is 96.7 cm³/mol. The largest absolute Gasteiger partial charge is 0.350 e. The second-order valence-electron chi connectivity index (χ2n) is 5.54. The normalized spacial score (nSPS) is 10.4. The molecule has 7 heteroatoms. The van der Waals surface area contributed by atoms with Crippen LogP contribution in [0.3, 0.4) is 0 Å². The van der Waals surface area contributed by atoms with Gasteiger partial charge in [-0.25, -0.2) is 4.68 Å². The van der Waals surface area contributed by atoms with Gasteiger partial charge in [-0.2, -0.15) is 5.10 Å². The maximum absolute atomic E-state index is 12.1. The summed E-state index contributed by atoms with van der Waals surface area (Å²) in [6.45, 7) is 0.385. The molecule has 3 rings (SSSR count). The van der Waals surface area contributed by atoms with Gasteiger partial charge in [-0.1, -0.05) is 24.3 Å². The molecule has 0 aliphatic rings. The van der Waals surface area contributed by atoms with Crippen molar-refractivity contribution < 1.29 is 9.59 Å². The van der Waals surface area contributed by atoms with Crippen LogP contribution >= 0.6 is 11.3 Å². The molecule has 2 aromatic heterocycles. The van der Waals surface area contributed by atoms with E-state index in [0.717, 1.165) is 11.3 Å². The molecule has 25 heavy (non-hydrogen) atoms. The van der Waals surface area contributed by atoms with E-state index in [1.807, 2.05) is 48.0 Å². The van der Waals surface area contributed by atoms with Crippen molar-refractivity contribution in [1.82, 2.24) is 20.0 Å². The van der Waals surface area contributed by atoms with Crippen molar-refractivity contribution in [1.29, 1.82) is 0 Å². The number of para-hydroxylation sites is 1. The van der Waals surface area contributed by atoms with Crippen LogP contribution in [0.25, 0.3) is 5.69 Å². The highest BCUT2D eigenvalue weighted by Gasteiger charge is 2.15. The van der Waals surface area contributed by atoms with Gasteiger partial charge in [0, 0.05) is 25.4 Å². The number of nitrogens with zero attached hydrogens (tertiary/aromatic N) is 3. The molecule has 0 atom stereocenters. The molecule has 0 aliphatic carbocycles. The van der Waals surface area contributed by atoms with Gasteiger partial charge >= 0.3 is 0 Å². The minimum atomic E-state index is -0.208. The number of rotatable bonds is 6. The fourth-order valence-corrected chi connectivity index (χ4v) is 3.02. The second kappa shape index (κ2) is 7.76. The lowest BCUT2D eigenvalue weighted by Crippen LogP contribution is -2.37. The number of hydrogen-bond donors (Lipinski definition) is 1. The number of benzene rings is 1. The number of aromatic nitrogens is 2. The zero-order valence-electron chi connectivity index (χ0n) is 13.8. The van der Waals surface area contributed by atoms with Gasteiger partial charge in [0.2, 0.25) is 5.91 Å². The van der Waals surface area contributed by atoms with Gasteiger partial charge in [-0.3, -0.25) is 9.59 Å². The first-order valence-corrected chi connectivity index (χ1v) is 8.66. The standard InChI is InChI=1S/C18H18N4O2S/c1-21(18(24)16-8-5-9-25-16)13-17(23)19-10-14-11-20-22(12-14)15-6-3-2-4-7-15/h2-9,11-12H,10,13H2,1H3,(H,19,23). The Hall–Kier alpha value is -2.93. The van der Waals surface area contributed by atoms with Gasteiger partial charge in [-0.15, -0.1) is 11.3 Å². The summed E-state index contributed by atoms with van der Waals surface area (Å²) in [6.07, 6.45) is 3.59. The van der Waals surface area contributed by atoms with E-state index in [0.29, 0.717) is 11.4 Å². The second-order valence-corrected chi connectivity index (χ2v) is 6.49. The topological polar surface area (TPSA) is 67.2 Å². The Labute approximate surface area is 149 Å². The molecule has 0 spiro atoms. The Bertz CT molecular complexity index is 843. The fourth-order valence-electron chi connectivity index (χ4n) is 2.31. The molecule has 2 amide bonds.